The summed E-state index contributed by atoms with van der Waals surface area (Å²) in [5.41, 5.74) is 0. The van der Waals surface area contributed by atoms with Gasteiger partial charge in [0.2, 0.25) is 0 Å². The molecular formula is C12H22O21S4. The van der Waals surface area contributed by atoms with Crippen molar-refractivity contribution in [1.82, 2.24) is 0 Å². The molecule has 0 saturated carbocycles. The molecule has 2 fully saturated rings. The van der Waals surface area contributed by atoms with E-state index in [9.17, 15) is 43.9 Å². The Morgan fingerprint density at radius 3 is 1.38 bits per heavy atom. The Labute approximate surface area is 209 Å². The molecular weight excluding hydrogens is 608 g/mol. The van der Waals surface area contributed by atoms with Crippen molar-refractivity contribution in [3.63, 3.8) is 0 Å². The van der Waals surface area contributed by atoms with Crippen LogP contribution < -0.4 is 0 Å². The minimum Gasteiger partial charge on any atom is -0.387 e. The van der Waals surface area contributed by atoms with Crippen molar-refractivity contribution in [2.75, 3.05) is 0 Å². The smallest absolute Gasteiger partial charge is 0.387 e. The van der Waals surface area contributed by atoms with Crippen LogP contribution in [0.4, 0.5) is 0 Å². The highest BCUT2D eigenvalue weighted by atomic mass is 32.3. The third-order valence-corrected chi connectivity index (χ3v) is 6.58. The fourth-order valence-electron chi connectivity index (χ4n) is 3.44. The molecule has 0 spiro atoms. The Bertz CT molecular complexity index is 1180. The van der Waals surface area contributed by atoms with Crippen LogP contribution in [0.25, 0.3) is 0 Å². The van der Waals surface area contributed by atoms with E-state index in [0.717, 1.165) is 13.8 Å². The molecule has 220 valence electrons. The third-order valence-electron chi connectivity index (χ3n) is 4.72. The first-order chi connectivity index (χ1) is 16.5. The van der Waals surface area contributed by atoms with Crippen molar-refractivity contribution < 1.29 is 93.0 Å². The van der Waals surface area contributed by atoms with E-state index in [1.165, 1.54) is 0 Å². The largest absolute Gasteiger partial charge is 0.397 e. The minimum absolute atomic E-state index is 0.985. The molecule has 0 aromatic rings. The molecule has 37 heavy (non-hydrogen) atoms. The van der Waals surface area contributed by atoms with Gasteiger partial charge in [-0.25, -0.2) is 16.7 Å². The Hall–Kier alpha value is -0.720. The van der Waals surface area contributed by atoms with Crippen LogP contribution in [-0.2, 0) is 72.5 Å². The maximum Gasteiger partial charge on any atom is 0.397 e. The molecule has 2 heterocycles. The number of aliphatic hydroxyl groups excluding tert-OH is 2. The first-order valence-electron chi connectivity index (χ1n) is 9.43. The predicted octanol–water partition coefficient (Wildman–Crippen LogP) is -4.03. The third kappa shape index (κ3) is 9.76. The summed E-state index contributed by atoms with van der Waals surface area (Å²) < 4.78 is 159. The van der Waals surface area contributed by atoms with E-state index >= 15 is 0 Å². The highest BCUT2D eigenvalue weighted by molar-refractivity contribution is 7.81. The van der Waals surface area contributed by atoms with E-state index in [2.05, 4.69) is 16.7 Å². The van der Waals surface area contributed by atoms with Gasteiger partial charge in [-0.1, -0.05) is 0 Å². The van der Waals surface area contributed by atoms with Gasteiger partial charge in [0.25, 0.3) is 0 Å². The lowest BCUT2D eigenvalue weighted by Crippen LogP contribution is -2.65. The number of aliphatic hydroxyl groups is 2. The molecule has 0 bridgehead atoms. The topological polar surface area (TPSA) is 323 Å². The number of hydrogen-bond acceptors (Lipinski definition) is 17. The molecule has 10 atom stereocenters. The lowest BCUT2D eigenvalue weighted by Gasteiger charge is -2.46. The molecule has 0 aromatic carbocycles. The highest BCUT2D eigenvalue weighted by Crippen LogP contribution is 2.34. The molecule has 0 aromatic heterocycles. The molecule has 6 N–H and O–H groups in total. The minimum atomic E-state index is -5.52. The fourth-order valence-corrected chi connectivity index (χ4v) is 5.51. The summed E-state index contributed by atoms with van der Waals surface area (Å²) >= 11 is 0. The average Bonchev–Trinajstić information content (AvgIpc) is 2.64. The molecule has 21 nitrogen and oxygen atoms in total. The van der Waals surface area contributed by atoms with Gasteiger partial charge in [-0.2, -0.15) is 33.7 Å². The van der Waals surface area contributed by atoms with Crippen molar-refractivity contribution in [1.29, 1.82) is 0 Å². The standard InChI is InChI=1S/C12H22O21S4/c1-3-6(30-34(15,16)17)5(13)8(32-36(21,22)23)12(28-3)29-9-7(31-35(18,19)20)4(2)27-11(14)10(9)33-37(24,25)26/h3-14H,1-2H3,(H,15,16,17)(H,18,19,20)(H,21,22,23)(H,24,25,26)/t3-,4-,5+,6+,7+,8-,9+,10-,11+,12-/m0/s1. The van der Waals surface area contributed by atoms with E-state index in [-0.39, 0.29) is 0 Å². The normalized spacial score (nSPS) is 38.4. The molecule has 2 aliphatic rings. The van der Waals surface area contributed by atoms with Crippen LogP contribution in [0.2, 0.25) is 0 Å². The van der Waals surface area contributed by atoms with E-state index < -0.39 is 103 Å². The van der Waals surface area contributed by atoms with Gasteiger partial charge < -0.3 is 24.4 Å². The molecule has 0 radical (unpaired) electrons. The monoisotopic (exact) mass is 630 g/mol. The lowest BCUT2D eigenvalue weighted by atomic mass is 9.97. The summed E-state index contributed by atoms with van der Waals surface area (Å²) in [5, 5.41) is 20.6. The van der Waals surface area contributed by atoms with Crippen molar-refractivity contribution >= 4 is 41.6 Å². The van der Waals surface area contributed by atoms with Crippen molar-refractivity contribution in [2.45, 2.75) is 75.3 Å². The molecule has 2 saturated heterocycles. The Morgan fingerprint density at radius 2 is 0.919 bits per heavy atom. The number of ether oxygens (including phenoxy) is 3. The highest BCUT2D eigenvalue weighted by Gasteiger charge is 2.55. The quantitative estimate of drug-likeness (QED) is 0.125. The second-order valence-corrected chi connectivity index (χ2v) is 11.7. The molecule has 0 aliphatic carbocycles. The predicted molar refractivity (Wildman–Crippen MR) is 107 cm³/mol. The van der Waals surface area contributed by atoms with Crippen LogP contribution in [0, 0.1) is 0 Å². The van der Waals surface area contributed by atoms with E-state index in [0.29, 0.717) is 0 Å². The van der Waals surface area contributed by atoms with Crippen molar-refractivity contribution in [3.8, 4) is 0 Å². The first kappa shape index (κ1) is 32.5. The van der Waals surface area contributed by atoms with Crippen molar-refractivity contribution in [3.05, 3.63) is 0 Å². The lowest BCUT2D eigenvalue weighted by molar-refractivity contribution is -0.339. The summed E-state index contributed by atoms with van der Waals surface area (Å²) in [6.45, 7) is 2.00. The zero-order valence-corrected chi connectivity index (χ0v) is 21.5. The van der Waals surface area contributed by atoms with E-state index in [4.69, 9.17) is 32.4 Å². The molecule has 0 amide bonds. The summed E-state index contributed by atoms with van der Waals surface area (Å²) in [5.74, 6) is 0. The molecule has 25 heteroatoms. The van der Waals surface area contributed by atoms with Crippen LogP contribution >= 0.6 is 0 Å². The summed E-state index contributed by atoms with van der Waals surface area (Å²) in [6.07, 6.45) is -21.9. The average molecular weight is 631 g/mol. The Balaban J connectivity index is 2.55. The van der Waals surface area contributed by atoms with Crippen LogP contribution in [-0.4, -0.2) is 124 Å². The zero-order chi connectivity index (χ0) is 28.7. The second kappa shape index (κ2) is 11.4. The van der Waals surface area contributed by atoms with Crippen LogP contribution in [0.1, 0.15) is 13.8 Å². The van der Waals surface area contributed by atoms with Gasteiger partial charge in [0, 0.05) is 0 Å². The summed E-state index contributed by atoms with van der Waals surface area (Å²) in [7, 11) is -21.7. The Morgan fingerprint density at radius 1 is 0.541 bits per heavy atom. The molecule has 0 unspecified atom stereocenters. The maximum absolute atomic E-state index is 11.3. The second-order valence-electron chi connectivity index (χ2n) is 7.49. The van der Waals surface area contributed by atoms with Crippen LogP contribution in [0.5, 0.6) is 0 Å². The van der Waals surface area contributed by atoms with Gasteiger partial charge in [-0.3, -0.25) is 18.2 Å². The molecule has 2 rings (SSSR count). The van der Waals surface area contributed by atoms with Gasteiger partial charge in [-0.05, 0) is 13.8 Å². The van der Waals surface area contributed by atoms with Gasteiger partial charge in [0.1, 0.15) is 24.4 Å². The molecule has 2 aliphatic heterocycles. The van der Waals surface area contributed by atoms with Crippen LogP contribution in [0.15, 0.2) is 0 Å². The van der Waals surface area contributed by atoms with Gasteiger partial charge in [0.05, 0.1) is 12.2 Å². The first-order valence-corrected chi connectivity index (χ1v) is 14.9. The number of hydrogen-bond donors (Lipinski definition) is 6. The summed E-state index contributed by atoms with van der Waals surface area (Å²) in [6, 6.07) is 0. The summed E-state index contributed by atoms with van der Waals surface area (Å²) in [4.78, 5) is 0. The van der Waals surface area contributed by atoms with Crippen molar-refractivity contribution in [2.24, 2.45) is 0 Å². The number of rotatable bonds is 10. The zero-order valence-electron chi connectivity index (χ0n) is 18.2. The van der Waals surface area contributed by atoms with Gasteiger partial charge in [-0.15, -0.1) is 0 Å². The van der Waals surface area contributed by atoms with Crippen LogP contribution in [0.3, 0.4) is 0 Å². The van der Waals surface area contributed by atoms with E-state index in [1.807, 2.05) is 0 Å². The van der Waals surface area contributed by atoms with E-state index in [1.54, 1.807) is 0 Å². The van der Waals surface area contributed by atoms with Gasteiger partial charge in [0.15, 0.2) is 24.8 Å². The maximum atomic E-state index is 11.3. The SMILES string of the molecule is C[C@@H]1O[C@@H](O[C@@H]2[C@H](OS(=O)(=O)O)[C@H](C)O[C@@H](O)[C@H]2OS(=O)(=O)O)[C@@H](OS(=O)(=O)O)[C@H](O)[C@@H]1OS(=O)(=O)O. The van der Waals surface area contributed by atoms with Gasteiger partial charge >= 0.3 is 41.6 Å². The Kier molecular flexibility index (Phi) is 10.0. The fraction of sp³-hybridized carbons (Fsp3) is 1.00.